The third-order valence-corrected chi connectivity index (χ3v) is 4.55. The Morgan fingerprint density at radius 2 is 2.09 bits per heavy atom. The van der Waals surface area contributed by atoms with Gasteiger partial charge in [-0.05, 0) is 50.0 Å². The lowest BCUT2D eigenvalue weighted by molar-refractivity contribution is -0.113. The standard InChI is InChI=1S/C19H28N2O/c1-5-15(2)17-8-6-7-16(21-11-9-20-10-12-21)13-18(17)19(3,4)14-22/h6-7,13-14,20H,2,5,8-12H2,1,3-4H3. The van der Waals surface area contributed by atoms with Crippen LogP contribution < -0.4 is 5.32 Å². The minimum atomic E-state index is -0.487. The first-order valence-electron chi connectivity index (χ1n) is 8.21. The maximum absolute atomic E-state index is 11.6. The predicted octanol–water partition coefficient (Wildman–Crippen LogP) is 3.22. The van der Waals surface area contributed by atoms with Gasteiger partial charge in [0.05, 0.1) is 0 Å². The largest absolute Gasteiger partial charge is 0.369 e. The van der Waals surface area contributed by atoms with Gasteiger partial charge in [-0.25, -0.2) is 0 Å². The second kappa shape index (κ2) is 7.10. The van der Waals surface area contributed by atoms with Crippen molar-refractivity contribution in [3.8, 4) is 0 Å². The molecule has 0 amide bonds. The molecule has 1 N–H and O–H groups in total. The minimum Gasteiger partial charge on any atom is -0.369 e. The van der Waals surface area contributed by atoms with E-state index in [2.05, 4.69) is 41.9 Å². The van der Waals surface area contributed by atoms with Gasteiger partial charge in [-0.2, -0.15) is 0 Å². The van der Waals surface area contributed by atoms with E-state index < -0.39 is 5.41 Å². The van der Waals surface area contributed by atoms with Gasteiger partial charge in [0.15, 0.2) is 0 Å². The average molecular weight is 300 g/mol. The molecular weight excluding hydrogens is 272 g/mol. The molecular formula is C19H28N2O. The lowest BCUT2D eigenvalue weighted by Crippen LogP contribution is -2.42. The minimum absolute atomic E-state index is 0.487. The van der Waals surface area contributed by atoms with Crippen molar-refractivity contribution in [2.24, 2.45) is 5.41 Å². The van der Waals surface area contributed by atoms with E-state index in [1.807, 2.05) is 13.8 Å². The van der Waals surface area contributed by atoms with Gasteiger partial charge in [-0.15, -0.1) is 0 Å². The number of nitrogens with one attached hydrogen (secondary N) is 1. The smallest absolute Gasteiger partial charge is 0.129 e. The van der Waals surface area contributed by atoms with Gasteiger partial charge in [-0.3, -0.25) is 0 Å². The monoisotopic (exact) mass is 300 g/mol. The van der Waals surface area contributed by atoms with Crippen LogP contribution in [0, 0.1) is 5.41 Å². The zero-order valence-corrected chi connectivity index (χ0v) is 14.1. The van der Waals surface area contributed by atoms with E-state index in [9.17, 15) is 4.79 Å². The van der Waals surface area contributed by atoms with E-state index in [-0.39, 0.29) is 0 Å². The van der Waals surface area contributed by atoms with Crippen LogP contribution in [0.2, 0.25) is 0 Å². The second-order valence-corrected chi connectivity index (χ2v) is 6.60. The summed E-state index contributed by atoms with van der Waals surface area (Å²) in [6.07, 6.45) is 9.44. The molecule has 0 aromatic heterocycles. The first-order valence-corrected chi connectivity index (χ1v) is 8.21. The summed E-state index contributed by atoms with van der Waals surface area (Å²) in [6.45, 7) is 14.4. The van der Waals surface area contributed by atoms with Gasteiger partial charge < -0.3 is 15.0 Å². The van der Waals surface area contributed by atoms with Crippen LogP contribution in [-0.4, -0.2) is 37.4 Å². The molecule has 1 aliphatic carbocycles. The number of carbonyl (C=O) groups excluding carboxylic acids is 1. The molecule has 0 bridgehead atoms. The molecule has 1 heterocycles. The molecule has 1 aliphatic heterocycles. The van der Waals surface area contributed by atoms with Gasteiger partial charge >= 0.3 is 0 Å². The third kappa shape index (κ3) is 3.58. The summed E-state index contributed by atoms with van der Waals surface area (Å²) in [5, 5.41) is 3.38. The topological polar surface area (TPSA) is 32.3 Å². The molecule has 0 saturated carbocycles. The SMILES string of the molecule is C=C(CC)C1=C(C(C)(C)C=O)C=C(N2CCNCC2)C=CC1. The number of rotatable bonds is 5. The molecule has 2 rings (SSSR count). The van der Waals surface area contributed by atoms with E-state index in [0.29, 0.717) is 0 Å². The van der Waals surface area contributed by atoms with Gasteiger partial charge in [0.25, 0.3) is 0 Å². The van der Waals surface area contributed by atoms with Crippen LogP contribution in [0.15, 0.2) is 47.2 Å². The van der Waals surface area contributed by atoms with Crippen molar-refractivity contribution >= 4 is 6.29 Å². The molecule has 1 saturated heterocycles. The third-order valence-electron chi connectivity index (χ3n) is 4.55. The van der Waals surface area contributed by atoms with E-state index in [0.717, 1.165) is 56.5 Å². The van der Waals surface area contributed by atoms with E-state index in [1.165, 1.54) is 11.3 Å². The number of piperazine rings is 1. The van der Waals surface area contributed by atoms with Gasteiger partial charge in [0.2, 0.25) is 0 Å². The molecule has 1 fully saturated rings. The molecule has 3 nitrogen and oxygen atoms in total. The Bertz CT molecular complexity index is 532. The lowest BCUT2D eigenvalue weighted by Gasteiger charge is -2.31. The normalized spacial score (nSPS) is 19.8. The molecule has 0 radical (unpaired) electrons. The average Bonchev–Trinajstić information content (AvgIpc) is 2.78. The highest BCUT2D eigenvalue weighted by Crippen LogP contribution is 2.36. The van der Waals surface area contributed by atoms with Crippen molar-refractivity contribution in [1.29, 1.82) is 0 Å². The summed E-state index contributed by atoms with van der Waals surface area (Å²) in [5.74, 6) is 0. The van der Waals surface area contributed by atoms with Crippen molar-refractivity contribution in [3.63, 3.8) is 0 Å². The Morgan fingerprint density at radius 1 is 1.41 bits per heavy atom. The summed E-state index contributed by atoms with van der Waals surface area (Å²) >= 11 is 0. The first kappa shape index (κ1) is 16.8. The number of allylic oxidation sites excluding steroid dienone is 6. The Morgan fingerprint density at radius 3 is 2.68 bits per heavy atom. The number of carbonyl (C=O) groups is 1. The summed E-state index contributed by atoms with van der Waals surface area (Å²) in [5.41, 5.74) is 4.20. The first-order chi connectivity index (χ1) is 10.5. The van der Waals surface area contributed by atoms with Crippen molar-refractivity contribution in [2.75, 3.05) is 26.2 Å². The van der Waals surface area contributed by atoms with Crippen LogP contribution in [-0.2, 0) is 4.79 Å². The highest BCUT2D eigenvalue weighted by atomic mass is 16.1. The fraction of sp³-hybridized carbons (Fsp3) is 0.526. The molecule has 0 aromatic carbocycles. The van der Waals surface area contributed by atoms with Crippen LogP contribution in [0.4, 0.5) is 0 Å². The molecule has 120 valence electrons. The van der Waals surface area contributed by atoms with Crippen LogP contribution in [0.5, 0.6) is 0 Å². The lowest BCUT2D eigenvalue weighted by atomic mass is 9.79. The fourth-order valence-corrected chi connectivity index (χ4v) is 3.00. The maximum atomic E-state index is 11.6. The molecule has 0 spiro atoms. The fourth-order valence-electron chi connectivity index (χ4n) is 3.00. The van der Waals surface area contributed by atoms with Crippen molar-refractivity contribution in [1.82, 2.24) is 10.2 Å². The Labute approximate surface area is 134 Å². The van der Waals surface area contributed by atoms with Crippen LogP contribution >= 0.6 is 0 Å². The number of nitrogens with zero attached hydrogens (tertiary/aromatic N) is 1. The maximum Gasteiger partial charge on any atom is 0.129 e. The second-order valence-electron chi connectivity index (χ2n) is 6.60. The highest BCUT2D eigenvalue weighted by Gasteiger charge is 2.27. The van der Waals surface area contributed by atoms with E-state index >= 15 is 0 Å². The van der Waals surface area contributed by atoms with Gasteiger partial charge in [0.1, 0.15) is 6.29 Å². The van der Waals surface area contributed by atoms with Crippen LogP contribution in [0.3, 0.4) is 0 Å². The van der Waals surface area contributed by atoms with Gasteiger partial charge in [-0.1, -0.05) is 25.2 Å². The molecule has 0 unspecified atom stereocenters. The molecule has 0 aromatic rings. The summed E-state index contributed by atoms with van der Waals surface area (Å²) < 4.78 is 0. The summed E-state index contributed by atoms with van der Waals surface area (Å²) in [6, 6.07) is 0. The Hall–Kier alpha value is -1.61. The van der Waals surface area contributed by atoms with E-state index in [4.69, 9.17) is 0 Å². The van der Waals surface area contributed by atoms with Crippen molar-refractivity contribution in [2.45, 2.75) is 33.6 Å². The van der Waals surface area contributed by atoms with Crippen LogP contribution in [0.1, 0.15) is 33.6 Å². The molecule has 22 heavy (non-hydrogen) atoms. The molecule has 0 atom stereocenters. The predicted molar refractivity (Wildman–Crippen MR) is 92.6 cm³/mol. The Balaban J connectivity index is 2.47. The Kier molecular flexibility index (Phi) is 5.41. The molecule has 2 aliphatic rings. The summed E-state index contributed by atoms with van der Waals surface area (Å²) in [7, 11) is 0. The number of hydrogen-bond acceptors (Lipinski definition) is 3. The molecule has 3 heteroatoms. The zero-order chi connectivity index (χ0) is 16.2. The van der Waals surface area contributed by atoms with Crippen molar-refractivity contribution < 1.29 is 4.79 Å². The van der Waals surface area contributed by atoms with E-state index in [1.54, 1.807) is 0 Å². The highest BCUT2D eigenvalue weighted by molar-refractivity contribution is 5.68. The quantitative estimate of drug-likeness (QED) is 0.791. The number of aldehydes is 1. The van der Waals surface area contributed by atoms with Crippen LogP contribution in [0.25, 0.3) is 0 Å². The van der Waals surface area contributed by atoms with Gasteiger partial charge in [0, 0.05) is 37.3 Å². The number of hydrogen-bond donors (Lipinski definition) is 1. The summed E-state index contributed by atoms with van der Waals surface area (Å²) in [4.78, 5) is 14.0. The van der Waals surface area contributed by atoms with Crippen molar-refractivity contribution in [3.05, 3.63) is 47.2 Å². The zero-order valence-electron chi connectivity index (χ0n) is 14.1.